The fraction of sp³-hybridized carbons (Fsp3) is 0.476. The molecule has 8 nitrogen and oxygen atoms in total. The van der Waals surface area contributed by atoms with Crippen LogP contribution < -0.4 is 0 Å². The zero-order valence-electron chi connectivity index (χ0n) is 16.7. The minimum Gasteiger partial charge on any atom is -0.457 e. The molecule has 0 spiro atoms. The number of carbonyl (C=O) groups is 5. The van der Waals surface area contributed by atoms with Gasteiger partial charge in [0.05, 0.1) is 24.0 Å². The van der Waals surface area contributed by atoms with E-state index in [9.17, 15) is 24.0 Å². The summed E-state index contributed by atoms with van der Waals surface area (Å²) in [5.41, 5.74) is 1.82. The molecule has 154 valence electrons. The second-order valence-electron chi connectivity index (χ2n) is 7.50. The average Bonchev–Trinajstić information content (AvgIpc) is 3.12. The lowest BCUT2D eigenvalue weighted by molar-refractivity contribution is -0.145. The summed E-state index contributed by atoms with van der Waals surface area (Å²) in [5.74, 6) is -2.43. The Morgan fingerprint density at radius 3 is 2.21 bits per heavy atom. The van der Waals surface area contributed by atoms with E-state index in [1.165, 1.54) is 6.92 Å². The summed E-state index contributed by atoms with van der Waals surface area (Å²) in [6, 6.07) is 0. The van der Waals surface area contributed by atoms with Crippen LogP contribution in [0.4, 0.5) is 0 Å². The van der Waals surface area contributed by atoms with Gasteiger partial charge in [0.2, 0.25) is 17.6 Å². The van der Waals surface area contributed by atoms with Crippen molar-refractivity contribution in [3.63, 3.8) is 0 Å². The van der Waals surface area contributed by atoms with Crippen LogP contribution in [0.25, 0.3) is 0 Å². The van der Waals surface area contributed by atoms with Crippen LogP contribution in [-0.2, 0) is 19.1 Å². The van der Waals surface area contributed by atoms with Gasteiger partial charge in [-0.05, 0) is 39.2 Å². The number of allylic oxidation sites excluding steroid dienone is 2. The molecule has 0 radical (unpaired) electrons. The number of fused-ring (bicyclic) bond motifs is 1. The zero-order chi connectivity index (χ0) is 21.3. The summed E-state index contributed by atoms with van der Waals surface area (Å²) < 4.78 is 5.02. The Morgan fingerprint density at radius 1 is 1.10 bits per heavy atom. The van der Waals surface area contributed by atoms with Crippen molar-refractivity contribution in [3.8, 4) is 0 Å². The van der Waals surface area contributed by atoms with Gasteiger partial charge in [-0.2, -0.15) is 0 Å². The molecule has 1 aliphatic carbocycles. The number of rotatable bonds is 7. The molecule has 1 aliphatic heterocycles. The molecule has 1 fully saturated rings. The van der Waals surface area contributed by atoms with Crippen LogP contribution in [0, 0.1) is 25.7 Å². The van der Waals surface area contributed by atoms with Gasteiger partial charge in [-0.15, -0.1) is 0 Å². The van der Waals surface area contributed by atoms with E-state index >= 15 is 0 Å². The average molecular weight is 400 g/mol. The first-order valence-electron chi connectivity index (χ1n) is 9.61. The Bertz CT molecular complexity index is 900. The van der Waals surface area contributed by atoms with E-state index in [-0.39, 0.29) is 48.1 Å². The molecule has 1 N–H and O–H groups in total. The van der Waals surface area contributed by atoms with Crippen LogP contribution in [0.15, 0.2) is 12.2 Å². The molecule has 1 aromatic heterocycles. The van der Waals surface area contributed by atoms with Crippen molar-refractivity contribution in [2.75, 3.05) is 13.2 Å². The molecule has 3 rings (SSSR count). The van der Waals surface area contributed by atoms with E-state index in [0.29, 0.717) is 29.7 Å². The van der Waals surface area contributed by atoms with Crippen molar-refractivity contribution in [1.29, 1.82) is 0 Å². The summed E-state index contributed by atoms with van der Waals surface area (Å²) in [7, 11) is 0. The molecule has 1 saturated heterocycles. The van der Waals surface area contributed by atoms with Crippen molar-refractivity contribution < 1.29 is 28.7 Å². The number of likely N-dealkylation sites (tertiary alicyclic amines) is 1. The van der Waals surface area contributed by atoms with Crippen LogP contribution in [0.3, 0.4) is 0 Å². The van der Waals surface area contributed by atoms with Crippen LogP contribution >= 0.6 is 0 Å². The first kappa shape index (κ1) is 20.7. The number of aryl methyl sites for hydroxylation is 1. The molecule has 2 amide bonds. The fourth-order valence-corrected chi connectivity index (χ4v) is 4.14. The summed E-state index contributed by atoms with van der Waals surface area (Å²) in [6.45, 7) is 4.25. The van der Waals surface area contributed by atoms with Crippen molar-refractivity contribution in [1.82, 2.24) is 9.88 Å². The van der Waals surface area contributed by atoms with Gasteiger partial charge in [-0.1, -0.05) is 12.2 Å². The number of aromatic nitrogens is 1. The van der Waals surface area contributed by atoms with Gasteiger partial charge < -0.3 is 9.72 Å². The molecule has 0 unspecified atom stereocenters. The van der Waals surface area contributed by atoms with E-state index in [0.717, 1.165) is 4.90 Å². The van der Waals surface area contributed by atoms with E-state index in [1.54, 1.807) is 13.8 Å². The summed E-state index contributed by atoms with van der Waals surface area (Å²) in [6.07, 6.45) is 4.72. The van der Waals surface area contributed by atoms with Crippen LogP contribution in [0.5, 0.6) is 0 Å². The first-order valence-corrected chi connectivity index (χ1v) is 9.61. The maximum absolute atomic E-state index is 12.4. The summed E-state index contributed by atoms with van der Waals surface area (Å²) in [5, 5.41) is 0. The maximum Gasteiger partial charge on any atom is 0.308 e. The molecule has 0 saturated carbocycles. The number of ether oxygens (including phenoxy) is 1. The molecule has 29 heavy (non-hydrogen) atoms. The van der Waals surface area contributed by atoms with E-state index < -0.39 is 18.4 Å². The predicted molar refractivity (Wildman–Crippen MR) is 102 cm³/mol. The third kappa shape index (κ3) is 3.92. The lowest BCUT2D eigenvalue weighted by Crippen LogP contribution is -2.33. The number of esters is 1. The van der Waals surface area contributed by atoms with Gasteiger partial charge in [0.25, 0.3) is 0 Å². The van der Waals surface area contributed by atoms with Crippen LogP contribution in [0.2, 0.25) is 0 Å². The number of hydrogen-bond acceptors (Lipinski definition) is 6. The number of H-pyrrole nitrogens is 1. The molecule has 0 bridgehead atoms. The highest BCUT2D eigenvalue weighted by Gasteiger charge is 2.46. The molecule has 2 atom stereocenters. The molecule has 1 aromatic rings. The number of nitrogens with one attached hydrogen (secondary N) is 1. The Morgan fingerprint density at radius 2 is 1.69 bits per heavy atom. The van der Waals surface area contributed by atoms with Gasteiger partial charge >= 0.3 is 5.97 Å². The Kier molecular flexibility index (Phi) is 5.81. The predicted octanol–water partition coefficient (Wildman–Crippen LogP) is 1.90. The van der Waals surface area contributed by atoms with Gasteiger partial charge in [0.15, 0.2) is 12.4 Å². The van der Waals surface area contributed by atoms with Crippen LogP contribution in [-0.4, -0.2) is 52.4 Å². The second kappa shape index (κ2) is 8.14. The Hall–Kier alpha value is -3.03. The number of nitrogens with zero attached hydrogens (tertiary/aromatic N) is 1. The number of amides is 2. The van der Waals surface area contributed by atoms with Crippen molar-refractivity contribution in [2.45, 2.75) is 40.0 Å². The number of imide groups is 1. The lowest BCUT2D eigenvalue weighted by atomic mass is 9.85. The quantitative estimate of drug-likeness (QED) is 0.324. The minimum atomic E-state index is -0.667. The van der Waals surface area contributed by atoms with E-state index in [4.69, 9.17) is 4.74 Å². The Labute approximate surface area is 168 Å². The second-order valence-corrected chi connectivity index (χ2v) is 7.50. The Balaban J connectivity index is 1.53. The minimum absolute atomic E-state index is 0.0488. The van der Waals surface area contributed by atoms with Crippen molar-refractivity contribution in [3.05, 3.63) is 34.7 Å². The number of Topliss-reactive ketones (excluding diaryl/α,β-unsaturated/α-hetero) is 2. The topological polar surface area (TPSA) is 114 Å². The molecular formula is C21H24N2O6. The highest BCUT2D eigenvalue weighted by Crippen LogP contribution is 2.35. The van der Waals surface area contributed by atoms with Crippen molar-refractivity contribution >= 4 is 29.4 Å². The monoisotopic (exact) mass is 400 g/mol. The third-order valence-corrected chi connectivity index (χ3v) is 5.57. The normalized spacial score (nSPS) is 20.7. The molecule has 2 heterocycles. The number of carbonyl (C=O) groups excluding carboxylic acids is 5. The van der Waals surface area contributed by atoms with Gasteiger partial charge in [0.1, 0.15) is 0 Å². The van der Waals surface area contributed by atoms with Gasteiger partial charge in [0, 0.05) is 17.8 Å². The lowest BCUT2D eigenvalue weighted by Gasteiger charge is -2.14. The highest BCUT2D eigenvalue weighted by molar-refractivity contribution is 6.06. The maximum atomic E-state index is 12.4. The first-order chi connectivity index (χ1) is 13.7. The smallest absolute Gasteiger partial charge is 0.308 e. The molecule has 2 aliphatic rings. The summed E-state index contributed by atoms with van der Waals surface area (Å²) >= 11 is 0. The highest BCUT2D eigenvalue weighted by atomic mass is 16.5. The summed E-state index contributed by atoms with van der Waals surface area (Å²) in [4.78, 5) is 64.8. The van der Waals surface area contributed by atoms with E-state index in [1.807, 2.05) is 12.2 Å². The fourth-order valence-electron chi connectivity index (χ4n) is 4.14. The molecule has 8 heteroatoms. The molecule has 0 aromatic carbocycles. The van der Waals surface area contributed by atoms with Crippen molar-refractivity contribution in [2.24, 2.45) is 11.8 Å². The largest absolute Gasteiger partial charge is 0.457 e. The molecular weight excluding hydrogens is 376 g/mol. The number of ketones is 2. The number of aromatic amines is 1. The van der Waals surface area contributed by atoms with Gasteiger partial charge in [-0.3, -0.25) is 28.9 Å². The van der Waals surface area contributed by atoms with E-state index in [2.05, 4.69) is 4.98 Å². The number of hydrogen-bond donors (Lipinski definition) is 1. The zero-order valence-corrected chi connectivity index (χ0v) is 16.7. The standard InChI is InChI=1S/C21H24N2O6/c1-11-18(13(3)24)12(2)22-19(11)16(25)10-29-17(26)8-9-23-20(27)14-6-4-5-7-15(14)21(23)28/h4-5,14-15,22H,6-10H2,1-3H3/t14-,15-/m0/s1. The van der Waals surface area contributed by atoms with Gasteiger partial charge in [-0.25, -0.2) is 0 Å². The third-order valence-electron chi connectivity index (χ3n) is 5.57. The SMILES string of the molecule is CC(=O)c1c(C)[nH]c(C(=O)COC(=O)CCN2C(=O)[C@H]3CC=CC[C@@H]3C2=O)c1C. The van der Waals surface area contributed by atoms with Crippen LogP contribution in [0.1, 0.15) is 58.3 Å².